The maximum absolute atomic E-state index is 5.24. The van der Waals surface area contributed by atoms with Crippen molar-refractivity contribution in [3.05, 3.63) is 36.2 Å². The highest BCUT2D eigenvalue weighted by Gasteiger charge is 2.04. The smallest absolute Gasteiger partial charge is 0.121 e. The van der Waals surface area contributed by atoms with E-state index in [-0.39, 0.29) is 0 Å². The number of aromatic nitrogens is 2. The molecule has 2 aromatic rings. The monoisotopic (exact) mass is 216 g/mol. The number of rotatable bonds is 3. The summed E-state index contributed by atoms with van der Waals surface area (Å²) < 4.78 is 7.17. The van der Waals surface area contributed by atoms with E-state index >= 15 is 0 Å². The van der Waals surface area contributed by atoms with E-state index in [9.17, 15) is 0 Å². The van der Waals surface area contributed by atoms with Gasteiger partial charge in [-0.3, -0.25) is 4.68 Å². The van der Waals surface area contributed by atoms with Crippen LogP contribution in [0.4, 0.5) is 0 Å². The third-order valence-electron chi connectivity index (χ3n) is 2.69. The van der Waals surface area contributed by atoms with E-state index in [1.807, 2.05) is 23.9 Å². The molecular weight excluding hydrogens is 200 g/mol. The first-order valence-corrected chi connectivity index (χ1v) is 5.42. The molecule has 0 saturated heterocycles. The molecule has 0 unspecified atom stereocenters. The second-order valence-corrected chi connectivity index (χ2v) is 3.77. The summed E-state index contributed by atoms with van der Waals surface area (Å²) in [7, 11) is 1.69. The molecule has 0 saturated carbocycles. The van der Waals surface area contributed by atoms with Crippen molar-refractivity contribution in [3.63, 3.8) is 0 Å². The van der Waals surface area contributed by atoms with E-state index < -0.39 is 0 Å². The maximum atomic E-state index is 5.24. The van der Waals surface area contributed by atoms with Crippen molar-refractivity contribution in [3.8, 4) is 16.9 Å². The molecule has 0 aliphatic rings. The van der Waals surface area contributed by atoms with Crippen LogP contribution in [-0.4, -0.2) is 16.9 Å². The van der Waals surface area contributed by atoms with Crippen molar-refractivity contribution >= 4 is 0 Å². The molecule has 0 atom stereocenters. The number of hydrogen-bond acceptors (Lipinski definition) is 2. The Morgan fingerprint density at radius 1 is 1.31 bits per heavy atom. The lowest BCUT2D eigenvalue weighted by Gasteiger charge is -2.05. The van der Waals surface area contributed by atoms with Crippen molar-refractivity contribution in [2.24, 2.45) is 0 Å². The SMILES string of the molecule is CCn1cc(-c2ccc(OC)c(C)c2)cn1. The van der Waals surface area contributed by atoms with E-state index in [1.54, 1.807) is 7.11 Å². The van der Waals surface area contributed by atoms with Crippen LogP contribution in [0.3, 0.4) is 0 Å². The standard InChI is InChI=1S/C13H16N2O/c1-4-15-9-12(8-14-15)11-5-6-13(16-3)10(2)7-11/h5-9H,4H2,1-3H3. The molecule has 0 aliphatic heterocycles. The Hall–Kier alpha value is -1.77. The normalized spacial score (nSPS) is 10.4. The number of hydrogen-bond donors (Lipinski definition) is 0. The topological polar surface area (TPSA) is 27.1 Å². The Kier molecular flexibility index (Phi) is 2.95. The summed E-state index contributed by atoms with van der Waals surface area (Å²) in [6.45, 7) is 5.03. The van der Waals surface area contributed by atoms with Gasteiger partial charge < -0.3 is 4.74 Å². The molecule has 0 fully saturated rings. The van der Waals surface area contributed by atoms with Gasteiger partial charge in [-0.15, -0.1) is 0 Å². The summed E-state index contributed by atoms with van der Waals surface area (Å²) >= 11 is 0. The summed E-state index contributed by atoms with van der Waals surface area (Å²) in [5.74, 6) is 0.923. The quantitative estimate of drug-likeness (QED) is 0.788. The van der Waals surface area contributed by atoms with E-state index in [1.165, 1.54) is 5.56 Å². The van der Waals surface area contributed by atoms with Crippen LogP contribution in [0, 0.1) is 6.92 Å². The van der Waals surface area contributed by atoms with Crippen LogP contribution in [0.25, 0.3) is 11.1 Å². The molecule has 3 nitrogen and oxygen atoms in total. The van der Waals surface area contributed by atoms with Crippen molar-refractivity contribution < 1.29 is 4.74 Å². The number of nitrogens with zero attached hydrogens (tertiary/aromatic N) is 2. The predicted octanol–water partition coefficient (Wildman–Crippen LogP) is 2.89. The number of benzene rings is 1. The van der Waals surface area contributed by atoms with Gasteiger partial charge in [0.25, 0.3) is 0 Å². The Morgan fingerprint density at radius 2 is 2.12 bits per heavy atom. The summed E-state index contributed by atoms with van der Waals surface area (Å²) in [6, 6.07) is 6.17. The highest BCUT2D eigenvalue weighted by molar-refractivity contribution is 5.64. The van der Waals surface area contributed by atoms with Crippen molar-refractivity contribution in [1.29, 1.82) is 0 Å². The Bertz CT molecular complexity index is 488. The summed E-state index contributed by atoms with van der Waals surface area (Å²) in [5, 5.41) is 4.27. The molecule has 0 spiro atoms. The number of ether oxygens (including phenoxy) is 1. The van der Waals surface area contributed by atoms with Gasteiger partial charge >= 0.3 is 0 Å². The highest BCUT2D eigenvalue weighted by Crippen LogP contribution is 2.25. The van der Waals surface area contributed by atoms with Crippen LogP contribution in [0.5, 0.6) is 5.75 Å². The molecule has 0 N–H and O–H groups in total. The summed E-state index contributed by atoms with van der Waals surface area (Å²) in [4.78, 5) is 0. The molecule has 0 amide bonds. The van der Waals surface area contributed by atoms with Crippen LogP contribution >= 0.6 is 0 Å². The van der Waals surface area contributed by atoms with E-state index in [4.69, 9.17) is 4.74 Å². The third kappa shape index (κ3) is 1.94. The van der Waals surface area contributed by atoms with Gasteiger partial charge in [-0.2, -0.15) is 5.10 Å². The van der Waals surface area contributed by atoms with E-state index in [0.717, 1.165) is 23.4 Å². The molecule has 1 aromatic carbocycles. The molecule has 1 heterocycles. The van der Waals surface area contributed by atoms with Gasteiger partial charge in [0.15, 0.2) is 0 Å². The molecule has 1 aromatic heterocycles. The Labute approximate surface area is 95.7 Å². The van der Waals surface area contributed by atoms with Crippen LogP contribution < -0.4 is 4.74 Å². The highest BCUT2D eigenvalue weighted by atomic mass is 16.5. The molecule has 0 aliphatic carbocycles. The first-order chi connectivity index (χ1) is 7.74. The second-order valence-electron chi connectivity index (χ2n) is 3.77. The van der Waals surface area contributed by atoms with Crippen molar-refractivity contribution in [2.75, 3.05) is 7.11 Å². The first kappa shape index (κ1) is 10.7. The van der Waals surface area contributed by atoms with Gasteiger partial charge in [0, 0.05) is 18.3 Å². The zero-order valence-corrected chi connectivity index (χ0v) is 9.90. The summed E-state index contributed by atoms with van der Waals surface area (Å²) in [6.07, 6.45) is 3.95. The lowest BCUT2D eigenvalue weighted by atomic mass is 10.1. The van der Waals surface area contributed by atoms with Gasteiger partial charge in [0.05, 0.1) is 13.3 Å². The maximum Gasteiger partial charge on any atom is 0.121 e. The zero-order chi connectivity index (χ0) is 11.5. The van der Waals surface area contributed by atoms with Crippen molar-refractivity contribution in [2.45, 2.75) is 20.4 Å². The molecule has 16 heavy (non-hydrogen) atoms. The minimum atomic E-state index is 0.898. The number of aryl methyl sites for hydroxylation is 2. The lowest BCUT2D eigenvalue weighted by molar-refractivity contribution is 0.412. The summed E-state index contributed by atoms with van der Waals surface area (Å²) in [5.41, 5.74) is 3.47. The van der Waals surface area contributed by atoms with Gasteiger partial charge in [0.2, 0.25) is 0 Å². The molecule has 2 rings (SSSR count). The van der Waals surface area contributed by atoms with E-state index in [2.05, 4.69) is 30.4 Å². The fraction of sp³-hybridized carbons (Fsp3) is 0.308. The van der Waals surface area contributed by atoms with Crippen LogP contribution in [0.1, 0.15) is 12.5 Å². The molecule has 0 radical (unpaired) electrons. The minimum absolute atomic E-state index is 0.898. The van der Waals surface area contributed by atoms with Crippen LogP contribution in [0.2, 0.25) is 0 Å². The van der Waals surface area contributed by atoms with Gasteiger partial charge in [-0.25, -0.2) is 0 Å². The molecule has 0 bridgehead atoms. The second kappa shape index (κ2) is 4.39. The molecular formula is C13H16N2O. The van der Waals surface area contributed by atoms with E-state index in [0.29, 0.717) is 0 Å². The third-order valence-corrected chi connectivity index (χ3v) is 2.69. The average Bonchev–Trinajstić information content (AvgIpc) is 2.77. The van der Waals surface area contributed by atoms with Gasteiger partial charge in [0.1, 0.15) is 5.75 Å². The van der Waals surface area contributed by atoms with Gasteiger partial charge in [-0.05, 0) is 37.1 Å². The zero-order valence-electron chi connectivity index (χ0n) is 9.90. The minimum Gasteiger partial charge on any atom is -0.496 e. The molecule has 84 valence electrons. The average molecular weight is 216 g/mol. The Balaban J connectivity index is 2.37. The fourth-order valence-corrected chi connectivity index (χ4v) is 1.74. The predicted molar refractivity (Wildman–Crippen MR) is 64.6 cm³/mol. The number of methoxy groups -OCH3 is 1. The van der Waals surface area contributed by atoms with Crippen molar-refractivity contribution in [1.82, 2.24) is 9.78 Å². The molecule has 3 heteroatoms. The lowest BCUT2D eigenvalue weighted by Crippen LogP contribution is -1.92. The van der Waals surface area contributed by atoms with Gasteiger partial charge in [-0.1, -0.05) is 6.07 Å². The van der Waals surface area contributed by atoms with Crippen LogP contribution in [-0.2, 0) is 6.54 Å². The Morgan fingerprint density at radius 3 is 2.69 bits per heavy atom. The van der Waals surface area contributed by atoms with Crippen LogP contribution in [0.15, 0.2) is 30.6 Å². The largest absolute Gasteiger partial charge is 0.496 e. The first-order valence-electron chi connectivity index (χ1n) is 5.42. The fourth-order valence-electron chi connectivity index (χ4n) is 1.74.